The maximum Gasteiger partial charge on any atom is 0.179 e. The van der Waals surface area contributed by atoms with Crippen molar-refractivity contribution >= 4 is 38.9 Å². The fourth-order valence-corrected chi connectivity index (χ4v) is 4.85. The number of halogens is 1. The molecule has 2 N–H and O–H groups in total. The highest BCUT2D eigenvalue weighted by Crippen LogP contribution is 2.33. The number of aromatic nitrogens is 4. The van der Waals surface area contributed by atoms with Gasteiger partial charge in [0.15, 0.2) is 11.3 Å². The van der Waals surface area contributed by atoms with Gasteiger partial charge in [-0.05, 0) is 58.6 Å². The molecule has 10 heteroatoms. The average Bonchev–Trinajstić information content (AvgIpc) is 3.32. The van der Waals surface area contributed by atoms with E-state index in [0.717, 1.165) is 42.7 Å². The molecule has 9 nitrogen and oxygen atoms in total. The number of aliphatic hydroxyl groups is 1. The van der Waals surface area contributed by atoms with Gasteiger partial charge in [-0.2, -0.15) is 9.78 Å². The third kappa shape index (κ3) is 4.98. The summed E-state index contributed by atoms with van der Waals surface area (Å²) in [5, 5.41) is 28.3. The molecule has 1 aliphatic carbocycles. The molecule has 0 bridgehead atoms. The van der Waals surface area contributed by atoms with Gasteiger partial charge < -0.3 is 20.1 Å². The van der Waals surface area contributed by atoms with Crippen molar-refractivity contribution in [2.75, 3.05) is 17.3 Å². The number of ether oxygens (including phenoxy) is 1. The molecule has 1 saturated carbocycles. The molecule has 0 spiro atoms. The van der Waals surface area contributed by atoms with Crippen LogP contribution in [0.5, 0.6) is 5.75 Å². The molecule has 2 unspecified atom stereocenters. The number of nitriles is 1. The molecule has 1 aliphatic rings. The minimum absolute atomic E-state index is 0.107. The van der Waals surface area contributed by atoms with Gasteiger partial charge in [0, 0.05) is 12.6 Å². The maximum atomic E-state index is 10.5. The van der Waals surface area contributed by atoms with E-state index in [0.29, 0.717) is 34.1 Å². The number of rotatable bonds is 7. The van der Waals surface area contributed by atoms with Crippen molar-refractivity contribution in [1.82, 2.24) is 19.6 Å². The van der Waals surface area contributed by atoms with Crippen molar-refractivity contribution in [1.29, 1.82) is 5.26 Å². The van der Waals surface area contributed by atoms with Crippen molar-refractivity contribution in [2.24, 2.45) is 0 Å². The van der Waals surface area contributed by atoms with Gasteiger partial charge in [0.1, 0.15) is 28.1 Å². The third-order valence-corrected chi connectivity index (χ3v) is 6.83. The zero-order valence-electron chi connectivity index (χ0n) is 19.8. The quantitative estimate of drug-likeness (QED) is 0.316. The van der Waals surface area contributed by atoms with E-state index < -0.39 is 6.10 Å². The van der Waals surface area contributed by atoms with Crippen molar-refractivity contribution in [3.63, 3.8) is 0 Å². The lowest BCUT2D eigenvalue weighted by molar-refractivity contribution is 0.116. The maximum absolute atomic E-state index is 10.5. The second kappa shape index (κ2) is 10.5. The van der Waals surface area contributed by atoms with Gasteiger partial charge in [-0.3, -0.25) is 0 Å². The second-order valence-electron chi connectivity index (χ2n) is 8.76. The molecular weight excluding hydrogens is 522 g/mol. The summed E-state index contributed by atoms with van der Waals surface area (Å²) < 4.78 is 7.57. The van der Waals surface area contributed by atoms with Crippen LogP contribution in [0.4, 0.5) is 17.3 Å². The summed E-state index contributed by atoms with van der Waals surface area (Å²) in [6.07, 6.45) is 4.75. The molecule has 36 heavy (non-hydrogen) atoms. The van der Waals surface area contributed by atoms with Crippen molar-refractivity contribution in [3.8, 4) is 11.8 Å². The summed E-state index contributed by atoms with van der Waals surface area (Å²) in [7, 11) is 1.64. The molecule has 0 aliphatic heterocycles. The normalized spacial score (nSPS) is 17.5. The molecule has 1 aromatic carbocycles. The number of hydrogen-bond acceptors (Lipinski definition) is 8. The predicted octanol–water partition coefficient (Wildman–Crippen LogP) is 4.82. The van der Waals surface area contributed by atoms with E-state index in [1.165, 1.54) is 6.20 Å². The van der Waals surface area contributed by atoms with Crippen LogP contribution in [-0.2, 0) is 6.54 Å². The molecule has 0 amide bonds. The molecule has 1 fully saturated rings. The highest BCUT2D eigenvalue weighted by atomic mass is 79.9. The fourth-order valence-electron chi connectivity index (χ4n) is 4.52. The second-order valence-corrected chi connectivity index (χ2v) is 9.57. The minimum atomic E-state index is -0.444. The molecule has 5 rings (SSSR count). The Kier molecular flexibility index (Phi) is 7.02. The van der Waals surface area contributed by atoms with Gasteiger partial charge in [0.2, 0.25) is 0 Å². The van der Waals surface area contributed by atoms with E-state index in [2.05, 4.69) is 37.4 Å². The van der Waals surface area contributed by atoms with Crippen LogP contribution in [0.25, 0.3) is 5.65 Å². The first-order valence-electron chi connectivity index (χ1n) is 11.8. The molecule has 3 heterocycles. The Bertz CT molecular complexity index is 1400. The molecule has 2 atom stereocenters. The molecule has 0 saturated heterocycles. The predicted molar refractivity (Wildman–Crippen MR) is 140 cm³/mol. The lowest BCUT2D eigenvalue weighted by Crippen LogP contribution is -2.36. The van der Waals surface area contributed by atoms with Gasteiger partial charge >= 0.3 is 0 Å². The first kappa shape index (κ1) is 24.0. The van der Waals surface area contributed by atoms with Crippen molar-refractivity contribution < 1.29 is 9.84 Å². The SMILES string of the molecule is COc1ccc(CN(c2cccc(Br)n2)c2cc(NC3CCCCC3O)nn3c(C#N)cnc23)cc1. The lowest BCUT2D eigenvalue weighted by Gasteiger charge is -2.29. The first-order chi connectivity index (χ1) is 17.6. The average molecular weight is 548 g/mol. The Balaban J connectivity index is 1.62. The van der Waals surface area contributed by atoms with Crippen molar-refractivity contribution in [2.45, 2.75) is 44.4 Å². The summed E-state index contributed by atoms with van der Waals surface area (Å²) in [4.78, 5) is 11.3. The summed E-state index contributed by atoms with van der Waals surface area (Å²) in [5.41, 5.74) is 2.64. The molecule has 4 aromatic rings. The smallest absolute Gasteiger partial charge is 0.179 e. The summed E-state index contributed by atoms with van der Waals surface area (Å²) in [5.74, 6) is 2.05. The zero-order chi connectivity index (χ0) is 25.1. The third-order valence-electron chi connectivity index (χ3n) is 6.39. The Morgan fingerprint density at radius 1 is 1.22 bits per heavy atom. The standard InChI is InChI=1S/C26H26BrN7O2/c1-36-19-11-9-17(10-12-19)16-33(25-8-4-7-23(27)31-25)21-13-24(30-20-5-2-3-6-22(20)35)32-34-18(14-28)15-29-26(21)34/h4,7-13,15,20,22,35H,2-3,5-6,16H2,1H3,(H,30,32). The highest BCUT2D eigenvalue weighted by molar-refractivity contribution is 9.10. The van der Waals surface area contributed by atoms with Crippen LogP contribution in [0.15, 0.2) is 59.3 Å². The number of nitrogens with one attached hydrogen (secondary N) is 1. The Morgan fingerprint density at radius 3 is 2.75 bits per heavy atom. The summed E-state index contributed by atoms with van der Waals surface area (Å²) in [6.45, 7) is 0.493. The van der Waals surface area contributed by atoms with Gasteiger partial charge in [-0.15, -0.1) is 5.10 Å². The number of imidazole rings is 1. The number of fused-ring (bicyclic) bond motifs is 1. The van der Waals surface area contributed by atoms with Gasteiger partial charge in [0.25, 0.3) is 0 Å². The van der Waals surface area contributed by atoms with Crippen molar-refractivity contribution in [3.05, 3.63) is 70.6 Å². The number of anilines is 3. The Morgan fingerprint density at radius 2 is 2.03 bits per heavy atom. The van der Waals surface area contributed by atoms with E-state index in [4.69, 9.17) is 9.72 Å². The Labute approximate surface area is 217 Å². The lowest BCUT2D eigenvalue weighted by atomic mass is 9.92. The van der Waals surface area contributed by atoms with Gasteiger partial charge in [-0.1, -0.05) is 31.0 Å². The van der Waals surface area contributed by atoms with Crippen LogP contribution in [0.1, 0.15) is 36.9 Å². The monoisotopic (exact) mass is 547 g/mol. The van der Waals surface area contributed by atoms with Crippen LogP contribution in [0, 0.1) is 11.3 Å². The number of hydrogen-bond donors (Lipinski definition) is 2. The van der Waals surface area contributed by atoms with Crippen LogP contribution >= 0.6 is 15.9 Å². The van der Waals surface area contributed by atoms with Gasteiger partial charge in [0.05, 0.1) is 31.1 Å². The van der Waals surface area contributed by atoms with E-state index >= 15 is 0 Å². The number of benzene rings is 1. The topological polar surface area (TPSA) is 112 Å². The summed E-state index contributed by atoms with van der Waals surface area (Å²) in [6, 6.07) is 17.6. The molecule has 3 aromatic heterocycles. The largest absolute Gasteiger partial charge is 0.497 e. The van der Waals surface area contributed by atoms with E-state index in [1.54, 1.807) is 11.6 Å². The Hall–Kier alpha value is -3.68. The van der Waals surface area contributed by atoms with Crippen LogP contribution in [0.2, 0.25) is 0 Å². The molecule has 184 valence electrons. The molecule has 0 radical (unpaired) electrons. The minimum Gasteiger partial charge on any atom is -0.497 e. The van der Waals surface area contributed by atoms with E-state index in [1.807, 2.05) is 53.4 Å². The van der Waals surface area contributed by atoms with Crippen LogP contribution in [-0.4, -0.2) is 43.9 Å². The van der Waals surface area contributed by atoms with Crippen LogP contribution in [0.3, 0.4) is 0 Å². The zero-order valence-corrected chi connectivity index (χ0v) is 21.4. The number of methoxy groups -OCH3 is 1. The number of pyridine rings is 1. The number of nitrogens with zero attached hydrogens (tertiary/aromatic N) is 6. The summed E-state index contributed by atoms with van der Waals surface area (Å²) >= 11 is 3.49. The highest BCUT2D eigenvalue weighted by Gasteiger charge is 2.25. The molecular formula is C26H26BrN7O2. The number of aliphatic hydroxyl groups excluding tert-OH is 1. The van der Waals surface area contributed by atoms with Crippen LogP contribution < -0.4 is 15.0 Å². The van der Waals surface area contributed by atoms with E-state index in [-0.39, 0.29) is 6.04 Å². The fraction of sp³-hybridized carbons (Fsp3) is 0.308. The first-order valence-corrected chi connectivity index (χ1v) is 12.6. The van der Waals surface area contributed by atoms with E-state index in [9.17, 15) is 10.4 Å². The van der Waals surface area contributed by atoms with Gasteiger partial charge in [-0.25, -0.2) is 9.97 Å².